The number of aryl methyl sites for hydroxylation is 1. The van der Waals surface area contributed by atoms with Crippen molar-refractivity contribution in [3.63, 3.8) is 0 Å². The predicted octanol–water partition coefficient (Wildman–Crippen LogP) is 2.39. The third-order valence-corrected chi connectivity index (χ3v) is 5.94. The van der Waals surface area contributed by atoms with E-state index in [1.165, 1.54) is 0 Å². The first-order valence-electron chi connectivity index (χ1n) is 10.3. The molecule has 1 aromatic carbocycles. The van der Waals surface area contributed by atoms with Gasteiger partial charge in [0.15, 0.2) is 5.82 Å². The van der Waals surface area contributed by atoms with Crippen molar-refractivity contribution >= 4 is 33.6 Å². The van der Waals surface area contributed by atoms with E-state index in [1.54, 1.807) is 22.5 Å². The Kier molecular flexibility index (Phi) is 9.76. The number of nitrogens with zero attached hydrogens (tertiary/aromatic N) is 3. The number of pyridine rings is 1. The van der Waals surface area contributed by atoms with Crippen LogP contribution in [0.2, 0.25) is 0 Å². The maximum absolute atomic E-state index is 12.9. The molecule has 0 aliphatic heterocycles. The second kappa shape index (κ2) is 12.1. The Labute approximate surface area is 264 Å². The van der Waals surface area contributed by atoms with Gasteiger partial charge in [0, 0.05) is 73.0 Å². The molecule has 0 aliphatic carbocycles. The Morgan fingerprint density at radius 2 is 1.91 bits per heavy atom. The van der Waals surface area contributed by atoms with Gasteiger partial charge in [-0.3, -0.25) is 9.78 Å². The number of H-pyrrole nitrogens is 2. The fourth-order valence-electron chi connectivity index (χ4n) is 3.98. The van der Waals surface area contributed by atoms with Gasteiger partial charge >= 0.3 is 58.2 Å². The summed E-state index contributed by atoms with van der Waals surface area (Å²) in [6.45, 7) is 4.35. The number of rotatable bonds is 7. The topological polar surface area (TPSA) is 79.4 Å². The monoisotopic (exact) mass is 712 g/mol. The Morgan fingerprint density at radius 3 is 2.71 bits per heavy atom. The summed E-state index contributed by atoms with van der Waals surface area (Å²) in [5.41, 5.74) is 5.04. The summed E-state index contributed by atoms with van der Waals surface area (Å²) in [6.07, 6.45) is 10.2. The van der Waals surface area contributed by atoms with Crippen LogP contribution in [0.25, 0.3) is 44.5 Å². The van der Waals surface area contributed by atoms with Gasteiger partial charge in [0.05, 0.1) is 0 Å². The van der Waals surface area contributed by atoms with Crippen molar-refractivity contribution in [3.05, 3.63) is 89.4 Å². The van der Waals surface area contributed by atoms with E-state index in [0.717, 1.165) is 38.8 Å². The summed E-state index contributed by atoms with van der Waals surface area (Å²) in [5, 5.41) is 1.92. The number of allylic oxidation sites excluding steroid dienone is 1. The van der Waals surface area contributed by atoms with Crippen LogP contribution in [-0.2, 0) is 27.0 Å². The molecule has 34 heavy (non-hydrogen) atoms. The molecule has 167 valence electrons. The van der Waals surface area contributed by atoms with Crippen molar-refractivity contribution in [2.24, 2.45) is 0 Å². The summed E-state index contributed by atoms with van der Waals surface area (Å²) < 4.78 is 1.72. The summed E-state index contributed by atoms with van der Waals surface area (Å²) in [6, 6.07) is 12.0. The minimum absolute atomic E-state index is 0. The molecule has 0 spiro atoms. The van der Waals surface area contributed by atoms with Crippen LogP contribution in [0.3, 0.4) is 0 Å². The first kappa shape index (κ1) is 27.3. The van der Waals surface area contributed by atoms with Gasteiger partial charge < -0.3 is 14.5 Å². The second-order valence-electron chi connectivity index (χ2n) is 7.48. The minimum atomic E-state index is -0.0436. The van der Waals surface area contributed by atoms with Crippen molar-refractivity contribution in [3.8, 4) is 22.6 Å². The normalized spacial score (nSPS) is 10.6. The first-order valence-corrected chi connectivity index (χ1v) is 11.6. The summed E-state index contributed by atoms with van der Waals surface area (Å²) in [7, 11) is 0. The third kappa shape index (κ3) is 5.29. The average Bonchev–Trinajstić information content (AvgIpc) is 3.48. The SMILES string of the molecule is C=CCCn1cc(-c2cc([CH-]SC)nc(-c3cccc4[nH]ccc34)n2)c2cc[nH]c2c1=O.[Rb+].[Re]. The molecule has 0 unspecified atom stereocenters. The van der Waals surface area contributed by atoms with Gasteiger partial charge in [-0.05, 0) is 36.6 Å². The van der Waals surface area contributed by atoms with Crippen LogP contribution in [0, 0.1) is 5.75 Å². The van der Waals surface area contributed by atoms with Crippen molar-refractivity contribution < 1.29 is 78.6 Å². The van der Waals surface area contributed by atoms with Crippen LogP contribution >= 0.6 is 11.8 Å². The molecule has 6 nitrogen and oxygen atoms in total. The number of fused-ring (bicyclic) bond motifs is 2. The Bertz CT molecular complexity index is 1510. The maximum atomic E-state index is 12.9. The molecule has 0 amide bonds. The van der Waals surface area contributed by atoms with E-state index in [9.17, 15) is 4.79 Å². The molecule has 1 radical (unpaired) electrons. The Balaban J connectivity index is 0.00000162. The summed E-state index contributed by atoms with van der Waals surface area (Å²) in [4.78, 5) is 29.0. The Morgan fingerprint density at radius 1 is 1.12 bits per heavy atom. The zero-order valence-electron chi connectivity index (χ0n) is 19.0. The molecule has 9 heteroatoms. The Hall–Kier alpha value is -1.24. The fraction of sp³-hybridized carbons (Fsp3) is 0.120. The molecule has 5 rings (SSSR count). The number of nitrogens with one attached hydrogen (secondary N) is 2. The van der Waals surface area contributed by atoms with Gasteiger partial charge in [0.25, 0.3) is 5.56 Å². The molecule has 0 bridgehead atoms. The zero-order valence-corrected chi connectivity index (χ0v) is 27.5. The number of hydrogen-bond acceptors (Lipinski definition) is 4. The molecular formula is C25H22N5ORbReS. The van der Waals surface area contributed by atoms with Crippen LogP contribution in [-0.4, -0.2) is 30.8 Å². The molecule has 5 aromatic rings. The van der Waals surface area contributed by atoms with Crippen molar-refractivity contribution in [1.29, 1.82) is 0 Å². The first-order chi connectivity index (χ1) is 15.7. The largest absolute Gasteiger partial charge is 1.00 e. The van der Waals surface area contributed by atoms with Crippen LogP contribution in [0.15, 0.2) is 72.4 Å². The van der Waals surface area contributed by atoms with Gasteiger partial charge in [0.1, 0.15) is 5.52 Å². The number of benzene rings is 1. The molecule has 0 aliphatic rings. The number of aromatic amines is 2. The van der Waals surface area contributed by atoms with Crippen molar-refractivity contribution in [1.82, 2.24) is 24.5 Å². The molecule has 4 heterocycles. The van der Waals surface area contributed by atoms with Crippen LogP contribution in [0.4, 0.5) is 0 Å². The fourth-order valence-corrected chi connectivity index (χ4v) is 4.35. The van der Waals surface area contributed by atoms with Crippen LogP contribution in [0.1, 0.15) is 12.1 Å². The maximum Gasteiger partial charge on any atom is 1.00 e. The van der Waals surface area contributed by atoms with E-state index < -0.39 is 0 Å². The van der Waals surface area contributed by atoms with Gasteiger partial charge in [-0.1, -0.05) is 23.9 Å². The summed E-state index contributed by atoms with van der Waals surface area (Å²) >= 11 is 1.60. The van der Waals surface area contributed by atoms with E-state index in [1.807, 2.05) is 66.9 Å². The van der Waals surface area contributed by atoms with Crippen molar-refractivity contribution in [2.75, 3.05) is 6.26 Å². The molecule has 0 saturated carbocycles. The summed E-state index contributed by atoms with van der Waals surface area (Å²) in [5.74, 6) is 2.66. The van der Waals surface area contributed by atoms with E-state index in [2.05, 4.69) is 16.5 Å². The standard InChI is InChI=1S/C25H22N5OS.Rb.Re/c1-3-4-12-30-14-20(18-9-11-27-23(18)25(30)31)22-13-16(15-32-2)28-24(29-22)19-6-5-7-21-17(19)8-10-26-21;;/h3,5-11,13-15,26-27H,1,4,12H2,2H3;;/q-1;+1;. The number of hydrogen-bond donors (Lipinski definition) is 2. The predicted molar refractivity (Wildman–Crippen MR) is 133 cm³/mol. The van der Waals surface area contributed by atoms with E-state index >= 15 is 0 Å². The number of aromatic nitrogens is 5. The van der Waals surface area contributed by atoms with E-state index in [0.29, 0.717) is 24.3 Å². The van der Waals surface area contributed by atoms with Crippen LogP contribution in [0.5, 0.6) is 0 Å². The van der Waals surface area contributed by atoms with Crippen LogP contribution < -0.4 is 63.7 Å². The van der Waals surface area contributed by atoms with E-state index in [-0.39, 0.29) is 84.2 Å². The molecule has 4 aromatic heterocycles. The minimum Gasteiger partial charge on any atom is -0.361 e. The average molecular weight is 712 g/mol. The molecule has 0 fully saturated rings. The smallest absolute Gasteiger partial charge is 0.361 e. The molecule has 0 atom stereocenters. The second-order valence-corrected chi connectivity index (χ2v) is 8.19. The van der Waals surface area contributed by atoms with Gasteiger partial charge in [0.2, 0.25) is 0 Å². The van der Waals surface area contributed by atoms with Crippen molar-refractivity contribution in [2.45, 2.75) is 13.0 Å². The molecular weight excluding hydrogens is 690 g/mol. The molecule has 0 saturated heterocycles. The van der Waals surface area contributed by atoms with Gasteiger partial charge in [-0.15, -0.1) is 6.58 Å². The third-order valence-electron chi connectivity index (χ3n) is 5.47. The van der Waals surface area contributed by atoms with Gasteiger partial charge in [-0.25, -0.2) is 16.7 Å². The number of thioether (sulfide) groups is 1. The zero-order chi connectivity index (χ0) is 22.1. The molecule has 2 N–H and O–H groups in total. The van der Waals surface area contributed by atoms with Gasteiger partial charge in [-0.2, -0.15) is 11.8 Å². The quantitative estimate of drug-likeness (QED) is 0.201. The van der Waals surface area contributed by atoms with E-state index in [4.69, 9.17) is 9.97 Å².